The molecule has 0 aromatic carbocycles. The van der Waals surface area contributed by atoms with Crippen molar-refractivity contribution in [2.75, 3.05) is 0 Å². The SMILES string of the molecule is CC(C)(C)Cc1n[nH]c(=S)n1C1CCCC1. The van der Waals surface area contributed by atoms with Crippen molar-refractivity contribution in [3.8, 4) is 0 Å². The molecule has 0 bridgehead atoms. The lowest BCUT2D eigenvalue weighted by Crippen LogP contribution is -2.16. The van der Waals surface area contributed by atoms with Crippen molar-refractivity contribution in [1.29, 1.82) is 0 Å². The van der Waals surface area contributed by atoms with Gasteiger partial charge in [0.25, 0.3) is 0 Å². The van der Waals surface area contributed by atoms with E-state index in [-0.39, 0.29) is 5.41 Å². The first kappa shape index (κ1) is 11.8. The molecule has 0 radical (unpaired) electrons. The van der Waals surface area contributed by atoms with Crippen molar-refractivity contribution in [1.82, 2.24) is 14.8 Å². The quantitative estimate of drug-likeness (QED) is 0.799. The van der Waals surface area contributed by atoms with Crippen LogP contribution < -0.4 is 0 Å². The topological polar surface area (TPSA) is 33.6 Å². The Hall–Kier alpha value is -0.640. The molecule has 1 saturated carbocycles. The van der Waals surface area contributed by atoms with Gasteiger partial charge in [0, 0.05) is 12.5 Å². The number of H-pyrrole nitrogens is 1. The summed E-state index contributed by atoms with van der Waals surface area (Å²) in [6.07, 6.45) is 6.14. The Morgan fingerprint density at radius 3 is 2.56 bits per heavy atom. The number of rotatable bonds is 2. The van der Waals surface area contributed by atoms with Crippen molar-refractivity contribution in [2.45, 2.75) is 58.9 Å². The average molecular weight is 239 g/mol. The molecule has 90 valence electrons. The van der Waals surface area contributed by atoms with E-state index in [9.17, 15) is 0 Å². The van der Waals surface area contributed by atoms with Crippen LogP contribution >= 0.6 is 12.2 Å². The van der Waals surface area contributed by atoms with E-state index in [0.29, 0.717) is 6.04 Å². The highest BCUT2D eigenvalue weighted by molar-refractivity contribution is 7.71. The first-order valence-corrected chi connectivity index (χ1v) is 6.54. The predicted octanol–water partition coefficient (Wildman–Crippen LogP) is 3.64. The summed E-state index contributed by atoms with van der Waals surface area (Å²) in [5.41, 5.74) is 0.261. The molecule has 0 atom stereocenters. The van der Waals surface area contributed by atoms with Gasteiger partial charge in [-0.15, -0.1) is 0 Å². The molecule has 0 aliphatic heterocycles. The fraction of sp³-hybridized carbons (Fsp3) is 0.833. The van der Waals surface area contributed by atoms with Gasteiger partial charge in [0.2, 0.25) is 0 Å². The molecule has 16 heavy (non-hydrogen) atoms. The Balaban J connectivity index is 2.28. The summed E-state index contributed by atoms with van der Waals surface area (Å²) in [4.78, 5) is 0. The van der Waals surface area contributed by atoms with Gasteiger partial charge in [-0.25, -0.2) is 0 Å². The minimum Gasteiger partial charge on any atom is -0.301 e. The van der Waals surface area contributed by atoms with Crippen molar-refractivity contribution in [3.05, 3.63) is 10.6 Å². The molecule has 2 rings (SSSR count). The van der Waals surface area contributed by atoms with Crippen molar-refractivity contribution in [3.63, 3.8) is 0 Å². The molecule has 1 aliphatic rings. The third-order valence-corrected chi connectivity index (χ3v) is 3.44. The minimum absolute atomic E-state index is 0.261. The standard InChI is InChI=1S/C12H21N3S/c1-12(2,3)8-10-13-14-11(16)15(10)9-6-4-5-7-9/h9H,4-8H2,1-3H3,(H,14,16). The molecular weight excluding hydrogens is 218 g/mol. The van der Waals surface area contributed by atoms with E-state index in [4.69, 9.17) is 12.2 Å². The number of aromatic nitrogens is 3. The van der Waals surface area contributed by atoms with Crippen LogP contribution in [-0.4, -0.2) is 14.8 Å². The predicted molar refractivity (Wildman–Crippen MR) is 68.1 cm³/mol. The van der Waals surface area contributed by atoms with Gasteiger partial charge >= 0.3 is 0 Å². The fourth-order valence-electron chi connectivity index (χ4n) is 2.48. The van der Waals surface area contributed by atoms with Crippen LogP contribution in [0.15, 0.2) is 0 Å². The third-order valence-electron chi connectivity index (χ3n) is 3.16. The highest BCUT2D eigenvalue weighted by Gasteiger charge is 2.23. The smallest absolute Gasteiger partial charge is 0.195 e. The number of hydrogen-bond donors (Lipinski definition) is 1. The van der Waals surface area contributed by atoms with Gasteiger partial charge in [0.1, 0.15) is 5.82 Å². The Bertz CT molecular complexity index is 405. The number of nitrogens with one attached hydrogen (secondary N) is 1. The number of hydrogen-bond acceptors (Lipinski definition) is 2. The van der Waals surface area contributed by atoms with Crippen LogP contribution in [0.25, 0.3) is 0 Å². The Morgan fingerprint density at radius 1 is 1.38 bits per heavy atom. The summed E-state index contributed by atoms with van der Waals surface area (Å²) >= 11 is 5.34. The van der Waals surface area contributed by atoms with E-state index in [2.05, 4.69) is 35.5 Å². The van der Waals surface area contributed by atoms with Gasteiger partial charge in [-0.1, -0.05) is 33.6 Å². The molecule has 0 saturated heterocycles. The second-order valence-corrected chi connectivity index (χ2v) is 6.38. The van der Waals surface area contributed by atoms with E-state index in [1.54, 1.807) is 0 Å². The Kier molecular flexibility index (Phi) is 3.19. The lowest BCUT2D eigenvalue weighted by atomic mass is 9.92. The molecule has 3 nitrogen and oxygen atoms in total. The molecule has 1 aliphatic carbocycles. The molecule has 1 aromatic heterocycles. The summed E-state index contributed by atoms with van der Waals surface area (Å²) < 4.78 is 3.05. The second kappa shape index (κ2) is 4.32. The van der Waals surface area contributed by atoms with E-state index in [0.717, 1.165) is 17.0 Å². The van der Waals surface area contributed by atoms with Crippen LogP contribution in [0.1, 0.15) is 58.3 Å². The lowest BCUT2D eigenvalue weighted by molar-refractivity contribution is 0.378. The maximum absolute atomic E-state index is 5.34. The molecule has 4 heteroatoms. The molecule has 1 N–H and O–H groups in total. The first-order chi connectivity index (χ1) is 7.47. The van der Waals surface area contributed by atoms with Gasteiger partial charge in [-0.2, -0.15) is 5.10 Å². The lowest BCUT2D eigenvalue weighted by Gasteiger charge is -2.20. The van der Waals surface area contributed by atoms with Gasteiger partial charge in [-0.3, -0.25) is 5.10 Å². The zero-order chi connectivity index (χ0) is 11.8. The molecule has 0 amide bonds. The molecule has 1 fully saturated rings. The van der Waals surface area contributed by atoms with Crippen molar-refractivity contribution < 1.29 is 0 Å². The van der Waals surface area contributed by atoms with Gasteiger partial charge in [-0.05, 0) is 30.5 Å². The maximum Gasteiger partial charge on any atom is 0.195 e. The normalized spacial score (nSPS) is 18.2. The number of aromatic amines is 1. The number of nitrogens with zero attached hydrogens (tertiary/aromatic N) is 2. The van der Waals surface area contributed by atoms with E-state index in [1.807, 2.05) is 0 Å². The van der Waals surface area contributed by atoms with Crippen LogP contribution in [0.2, 0.25) is 0 Å². The van der Waals surface area contributed by atoms with E-state index < -0.39 is 0 Å². The fourth-order valence-corrected chi connectivity index (χ4v) is 2.78. The second-order valence-electron chi connectivity index (χ2n) is 5.99. The van der Waals surface area contributed by atoms with E-state index >= 15 is 0 Å². The zero-order valence-electron chi connectivity index (χ0n) is 10.4. The maximum atomic E-state index is 5.34. The average Bonchev–Trinajstić information content (AvgIpc) is 2.73. The Morgan fingerprint density at radius 2 is 2.00 bits per heavy atom. The van der Waals surface area contributed by atoms with Crippen LogP contribution in [-0.2, 0) is 6.42 Å². The largest absolute Gasteiger partial charge is 0.301 e. The molecule has 0 spiro atoms. The van der Waals surface area contributed by atoms with Gasteiger partial charge < -0.3 is 4.57 Å². The summed E-state index contributed by atoms with van der Waals surface area (Å²) in [5, 5.41) is 7.34. The zero-order valence-corrected chi connectivity index (χ0v) is 11.2. The summed E-state index contributed by atoms with van der Waals surface area (Å²) in [6, 6.07) is 0.587. The summed E-state index contributed by atoms with van der Waals surface area (Å²) in [7, 11) is 0. The highest BCUT2D eigenvalue weighted by Crippen LogP contribution is 2.31. The van der Waals surface area contributed by atoms with Crippen molar-refractivity contribution in [2.24, 2.45) is 5.41 Å². The minimum atomic E-state index is 0.261. The van der Waals surface area contributed by atoms with E-state index in [1.165, 1.54) is 25.7 Å². The monoisotopic (exact) mass is 239 g/mol. The van der Waals surface area contributed by atoms with Crippen LogP contribution in [0.5, 0.6) is 0 Å². The van der Waals surface area contributed by atoms with Crippen LogP contribution in [0.4, 0.5) is 0 Å². The molecular formula is C12H21N3S. The highest BCUT2D eigenvalue weighted by atomic mass is 32.1. The molecule has 1 heterocycles. The van der Waals surface area contributed by atoms with Gasteiger partial charge in [0.15, 0.2) is 4.77 Å². The van der Waals surface area contributed by atoms with Crippen LogP contribution in [0, 0.1) is 10.2 Å². The summed E-state index contributed by atoms with van der Waals surface area (Å²) in [6.45, 7) is 6.72. The molecule has 0 unspecified atom stereocenters. The van der Waals surface area contributed by atoms with Gasteiger partial charge in [0.05, 0.1) is 0 Å². The molecule has 1 aromatic rings. The van der Waals surface area contributed by atoms with Crippen LogP contribution in [0.3, 0.4) is 0 Å². The van der Waals surface area contributed by atoms with Crippen molar-refractivity contribution >= 4 is 12.2 Å². The first-order valence-electron chi connectivity index (χ1n) is 6.13. The third kappa shape index (κ3) is 2.54. The Labute approximate surface area is 102 Å². The summed E-state index contributed by atoms with van der Waals surface area (Å²) in [5.74, 6) is 1.13.